The summed E-state index contributed by atoms with van der Waals surface area (Å²) in [4.78, 5) is 30.0. The van der Waals surface area contributed by atoms with Crippen LogP contribution < -0.4 is 0 Å². The molecule has 1 aromatic heterocycles. The van der Waals surface area contributed by atoms with Crippen LogP contribution in [-0.4, -0.2) is 57.5 Å². The Labute approximate surface area is 200 Å². The van der Waals surface area contributed by atoms with Crippen molar-refractivity contribution in [1.29, 1.82) is 0 Å². The van der Waals surface area contributed by atoms with Crippen molar-refractivity contribution >= 4 is 29.2 Å². The molecule has 1 aromatic rings. The summed E-state index contributed by atoms with van der Waals surface area (Å²) < 4.78 is 11.6. The molecule has 0 bridgehead atoms. The molecule has 0 radical (unpaired) electrons. The zero-order chi connectivity index (χ0) is 24.3. The Morgan fingerprint density at radius 3 is 2.55 bits per heavy atom. The Hall–Kier alpha value is -1.61. The maximum absolute atomic E-state index is 12.8. The summed E-state index contributed by atoms with van der Waals surface area (Å²) in [6, 6.07) is 0. The van der Waals surface area contributed by atoms with Crippen LogP contribution in [-0.2, 0) is 19.1 Å². The van der Waals surface area contributed by atoms with E-state index in [9.17, 15) is 19.8 Å². The van der Waals surface area contributed by atoms with Crippen molar-refractivity contribution in [2.75, 3.05) is 0 Å². The quantitative estimate of drug-likeness (QED) is 0.492. The van der Waals surface area contributed by atoms with E-state index in [1.165, 1.54) is 0 Å². The summed E-state index contributed by atoms with van der Waals surface area (Å²) in [7, 11) is 0. The minimum Gasteiger partial charge on any atom is -0.458 e. The first-order chi connectivity index (χ1) is 15.6. The number of hydrogen-bond donors (Lipinski definition) is 2. The van der Waals surface area contributed by atoms with Crippen LogP contribution in [0.5, 0.6) is 0 Å². The average Bonchev–Trinajstić information content (AvgIpc) is 3.38. The van der Waals surface area contributed by atoms with E-state index < -0.39 is 36.1 Å². The summed E-state index contributed by atoms with van der Waals surface area (Å²) in [6.45, 7) is 9.10. The second-order valence-electron chi connectivity index (χ2n) is 9.76. The van der Waals surface area contributed by atoms with Crippen LogP contribution in [0.15, 0.2) is 11.0 Å². The molecule has 2 aliphatic heterocycles. The Kier molecular flexibility index (Phi) is 8.83. The van der Waals surface area contributed by atoms with Gasteiger partial charge in [0.1, 0.15) is 11.9 Å². The molecule has 0 unspecified atom stereocenters. The highest BCUT2D eigenvalue weighted by Gasteiger charge is 2.42. The fourth-order valence-electron chi connectivity index (χ4n) is 4.58. The molecular weight excluding hydrogens is 442 g/mol. The van der Waals surface area contributed by atoms with Crippen molar-refractivity contribution in [3.05, 3.63) is 21.7 Å². The molecule has 184 valence electrons. The highest BCUT2D eigenvalue weighted by molar-refractivity contribution is 7.09. The molecule has 0 aliphatic carbocycles. The molecule has 3 rings (SSSR count). The molecule has 7 nitrogen and oxygen atoms in total. The molecule has 2 N–H and O–H groups in total. The molecule has 0 aromatic carbocycles. The van der Waals surface area contributed by atoms with E-state index in [1.807, 2.05) is 32.2 Å². The Bertz CT molecular complexity index is 867. The van der Waals surface area contributed by atoms with E-state index in [4.69, 9.17) is 9.47 Å². The first-order valence-corrected chi connectivity index (χ1v) is 12.8. The fraction of sp³-hybridized carbons (Fsp3) is 0.720. The number of carbonyl (C=O) groups excluding carboxylic acids is 2. The van der Waals surface area contributed by atoms with Gasteiger partial charge in [-0.15, -0.1) is 11.3 Å². The third-order valence-electron chi connectivity index (χ3n) is 7.02. The van der Waals surface area contributed by atoms with Gasteiger partial charge in [0.25, 0.3) is 0 Å². The van der Waals surface area contributed by atoms with Gasteiger partial charge in [-0.1, -0.05) is 27.2 Å². The largest absolute Gasteiger partial charge is 0.458 e. The van der Waals surface area contributed by atoms with Crippen molar-refractivity contribution in [3.8, 4) is 0 Å². The van der Waals surface area contributed by atoms with Gasteiger partial charge in [-0.3, -0.25) is 9.59 Å². The zero-order valence-corrected chi connectivity index (χ0v) is 21.0. The number of aliphatic hydroxyl groups excluding tert-OH is 2. The Balaban J connectivity index is 1.77. The SMILES string of the molecule is C/C(=C/c1csc(C)n1)[C@@H]1C[C@@H]2O[C@@H]2CCC[C@@H](C)[C@@H](O)[C@@H](C)C(=O)[C@@H](C)[C@@H](O)CC(=O)O1. The number of esters is 1. The predicted molar refractivity (Wildman–Crippen MR) is 127 cm³/mol. The monoisotopic (exact) mass is 479 g/mol. The molecule has 8 heteroatoms. The number of epoxide rings is 1. The van der Waals surface area contributed by atoms with E-state index in [-0.39, 0.29) is 30.3 Å². The fourth-order valence-corrected chi connectivity index (χ4v) is 5.15. The standard InChI is InChI=1S/C25H37NO6S/c1-13-7-6-8-20-22(31-20)11-21(14(2)9-18-12-33-17(5)26-18)32-23(28)10-19(27)15(3)25(30)16(4)24(13)29/h9,12-13,15-16,19-22,24,27,29H,6-8,10-11H2,1-5H3/b14-9-/t13-,15+,16-,19+,20-,21+,22+,24-/m1/s1. The number of rotatable bonds is 2. The van der Waals surface area contributed by atoms with Crippen molar-refractivity contribution in [2.24, 2.45) is 17.8 Å². The van der Waals surface area contributed by atoms with E-state index in [2.05, 4.69) is 4.98 Å². The molecule has 33 heavy (non-hydrogen) atoms. The first-order valence-electron chi connectivity index (χ1n) is 11.9. The minimum atomic E-state index is -1.17. The predicted octanol–water partition coefficient (Wildman–Crippen LogP) is 3.70. The van der Waals surface area contributed by atoms with Gasteiger partial charge in [0.05, 0.1) is 41.5 Å². The van der Waals surface area contributed by atoms with Crippen molar-refractivity contribution < 1.29 is 29.3 Å². The lowest BCUT2D eigenvalue weighted by Gasteiger charge is -2.28. The molecular formula is C25H37NO6S. The lowest BCUT2D eigenvalue weighted by atomic mass is 9.81. The van der Waals surface area contributed by atoms with Crippen LogP contribution in [0.25, 0.3) is 6.08 Å². The smallest absolute Gasteiger partial charge is 0.309 e. The minimum absolute atomic E-state index is 0.0146. The van der Waals surface area contributed by atoms with Crippen LogP contribution in [0.2, 0.25) is 0 Å². The van der Waals surface area contributed by atoms with E-state index in [1.54, 1.807) is 25.2 Å². The van der Waals surface area contributed by atoms with Gasteiger partial charge in [-0.05, 0) is 44.3 Å². The van der Waals surface area contributed by atoms with Gasteiger partial charge in [-0.2, -0.15) is 0 Å². The molecule has 2 aliphatic rings. The lowest BCUT2D eigenvalue weighted by Crippen LogP contribution is -2.39. The second-order valence-corrected chi connectivity index (χ2v) is 10.8. The van der Waals surface area contributed by atoms with Crippen LogP contribution in [0.4, 0.5) is 0 Å². The van der Waals surface area contributed by atoms with Gasteiger partial charge in [0.15, 0.2) is 0 Å². The summed E-state index contributed by atoms with van der Waals surface area (Å²) in [6.07, 6.45) is 2.43. The number of fused-ring (bicyclic) bond motifs is 1. The highest BCUT2D eigenvalue weighted by atomic mass is 32.1. The first kappa shape index (κ1) is 26.0. The number of thiazole rings is 1. The highest BCUT2D eigenvalue weighted by Crippen LogP contribution is 2.35. The van der Waals surface area contributed by atoms with Crippen molar-refractivity contribution in [2.45, 2.75) is 97.2 Å². The van der Waals surface area contributed by atoms with Gasteiger partial charge >= 0.3 is 5.97 Å². The number of carbonyl (C=O) groups is 2. The Morgan fingerprint density at radius 2 is 1.88 bits per heavy atom. The molecule has 2 fully saturated rings. The number of Topliss-reactive ketones (excluding diaryl/α,β-unsaturated/α-hetero) is 1. The second kappa shape index (κ2) is 11.2. The van der Waals surface area contributed by atoms with Gasteiger partial charge in [0.2, 0.25) is 0 Å². The van der Waals surface area contributed by atoms with Crippen LogP contribution in [0.1, 0.15) is 70.5 Å². The van der Waals surface area contributed by atoms with Gasteiger partial charge in [-0.25, -0.2) is 4.98 Å². The maximum atomic E-state index is 12.8. The summed E-state index contributed by atoms with van der Waals surface area (Å²) in [5, 5.41) is 24.1. The number of aliphatic hydroxyl groups is 2. The average molecular weight is 480 g/mol. The summed E-state index contributed by atoms with van der Waals surface area (Å²) in [5.41, 5.74) is 1.69. The normalized spacial score (nSPS) is 37.4. The Morgan fingerprint density at radius 1 is 1.15 bits per heavy atom. The molecule has 0 amide bonds. The molecule has 8 atom stereocenters. The number of ketones is 1. The van der Waals surface area contributed by atoms with E-state index >= 15 is 0 Å². The van der Waals surface area contributed by atoms with Crippen molar-refractivity contribution in [1.82, 2.24) is 4.98 Å². The van der Waals surface area contributed by atoms with Crippen LogP contribution in [0, 0.1) is 24.7 Å². The number of nitrogens with zero attached hydrogens (tertiary/aromatic N) is 1. The number of hydrogen-bond acceptors (Lipinski definition) is 8. The summed E-state index contributed by atoms with van der Waals surface area (Å²) in [5.74, 6) is -2.22. The number of aryl methyl sites for hydroxylation is 1. The van der Waals surface area contributed by atoms with Crippen molar-refractivity contribution in [3.63, 3.8) is 0 Å². The van der Waals surface area contributed by atoms with Gasteiger partial charge in [0, 0.05) is 23.6 Å². The third kappa shape index (κ3) is 6.94. The molecule has 3 heterocycles. The molecule has 2 saturated heterocycles. The lowest BCUT2D eigenvalue weighted by molar-refractivity contribution is -0.151. The van der Waals surface area contributed by atoms with E-state index in [0.29, 0.717) is 6.42 Å². The topological polar surface area (TPSA) is 109 Å². The van der Waals surface area contributed by atoms with Crippen LogP contribution >= 0.6 is 11.3 Å². The van der Waals surface area contributed by atoms with Gasteiger partial charge < -0.3 is 19.7 Å². The number of cyclic esters (lactones) is 1. The maximum Gasteiger partial charge on any atom is 0.309 e. The summed E-state index contributed by atoms with van der Waals surface area (Å²) >= 11 is 1.56. The zero-order valence-electron chi connectivity index (χ0n) is 20.2. The third-order valence-corrected chi connectivity index (χ3v) is 7.81. The van der Waals surface area contributed by atoms with Crippen LogP contribution in [0.3, 0.4) is 0 Å². The molecule has 0 saturated carbocycles. The molecule has 0 spiro atoms. The number of aromatic nitrogens is 1. The number of ether oxygens (including phenoxy) is 2. The van der Waals surface area contributed by atoms with E-state index in [0.717, 1.165) is 35.5 Å².